The second-order valence-electron chi connectivity index (χ2n) is 3.77. The van der Waals surface area contributed by atoms with E-state index >= 15 is 0 Å². The van der Waals surface area contributed by atoms with Crippen molar-refractivity contribution in [2.75, 3.05) is 6.61 Å². The molecule has 0 saturated carbocycles. The van der Waals surface area contributed by atoms with Crippen molar-refractivity contribution >= 4 is 12.3 Å². The summed E-state index contributed by atoms with van der Waals surface area (Å²) in [5.74, 6) is 0.234. The average molecular weight is 192 g/mol. The third-order valence-corrected chi connectivity index (χ3v) is 2.81. The third-order valence-electron chi connectivity index (χ3n) is 2.81. The summed E-state index contributed by atoms with van der Waals surface area (Å²) in [5.41, 5.74) is 1.64. The predicted molar refractivity (Wildman–Crippen MR) is 50.5 cm³/mol. The van der Waals surface area contributed by atoms with Crippen molar-refractivity contribution in [3.8, 4) is 0 Å². The number of allylic oxidation sites excluding steroid dienone is 2. The first-order valence-corrected chi connectivity index (χ1v) is 4.76. The van der Waals surface area contributed by atoms with Crippen LogP contribution in [0.5, 0.6) is 0 Å². The number of carbonyl (C=O) groups excluding carboxylic acids is 2. The van der Waals surface area contributed by atoms with Gasteiger partial charge < -0.3 is 9.53 Å². The summed E-state index contributed by atoms with van der Waals surface area (Å²) in [6, 6.07) is 0. The molecular formula is C11H12O3. The number of aldehydes is 1. The smallest absolute Gasteiger partial charge is 0.338 e. The van der Waals surface area contributed by atoms with Crippen LogP contribution in [0.2, 0.25) is 0 Å². The van der Waals surface area contributed by atoms with E-state index in [1.807, 2.05) is 19.1 Å². The molecule has 74 valence electrons. The Balaban J connectivity index is 2.26. The molecule has 3 heteroatoms. The molecule has 0 spiro atoms. The van der Waals surface area contributed by atoms with E-state index in [1.165, 1.54) is 0 Å². The molecule has 2 aliphatic rings. The summed E-state index contributed by atoms with van der Waals surface area (Å²) < 4.78 is 4.91. The zero-order valence-electron chi connectivity index (χ0n) is 8.03. The maximum Gasteiger partial charge on any atom is 0.338 e. The largest absolute Gasteiger partial charge is 0.457 e. The van der Waals surface area contributed by atoms with Crippen LogP contribution in [-0.4, -0.2) is 18.9 Å². The van der Waals surface area contributed by atoms with Gasteiger partial charge in [-0.2, -0.15) is 0 Å². The van der Waals surface area contributed by atoms with Gasteiger partial charge in [0.05, 0.1) is 5.57 Å². The first kappa shape index (κ1) is 9.19. The van der Waals surface area contributed by atoms with Crippen LogP contribution >= 0.6 is 0 Å². The summed E-state index contributed by atoms with van der Waals surface area (Å²) in [6.45, 7) is 2.38. The molecule has 1 heterocycles. The van der Waals surface area contributed by atoms with E-state index in [-0.39, 0.29) is 17.8 Å². The number of ether oxygens (including phenoxy) is 1. The Kier molecular flexibility index (Phi) is 2.23. The minimum absolute atomic E-state index is 0.223. The minimum atomic E-state index is -0.229. The van der Waals surface area contributed by atoms with Crippen LogP contribution in [0.3, 0.4) is 0 Å². The lowest BCUT2D eigenvalue weighted by molar-refractivity contribution is -0.135. The van der Waals surface area contributed by atoms with Crippen molar-refractivity contribution in [2.45, 2.75) is 13.3 Å². The van der Waals surface area contributed by atoms with Crippen molar-refractivity contribution in [1.29, 1.82) is 0 Å². The van der Waals surface area contributed by atoms with E-state index in [9.17, 15) is 9.59 Å². The highest BCUT2D eigenvalue weighted by atomic mass is 16.5. The monoisotopic (exact) mass is 192 g/mol. The molecule has 0 aromatic carbocycles. The molecule has 3 nitrogen and oxygen atoms in total. The molecular weight excluding hydrogens is 180 g/mol. The molecule has 1 aliphatic heterocycles. The van der Waals surface area contributed by atoms with Gasteiger partial charge in [-0.05, 0) is 17.4 Å². The van der Waals surface area contributed by atoms with Crippen LogP contribution in [-0.2, 0) is 14.3 Å². The van der Waals surface area contributed by atoms with Crippen molar-refractivity contribution in [3.63, 3.8) is 0 Å². The van der Waals surface area contributed by atoms with Crippen molar-refractivity contribution in [2.24, 2.45) is 11.8 Å². The number of cyclic esters (lactones) is 1. The average Bonchev–Trinajstić information content (AvgIpc) is 2.50. The first-order chi connectivity index (χ1) is 6.72. The number of carbonyl (C=O) groups is 2. The Morgan fingerprint density at radius 1 is 1.57 bits per heavy atom. The van der Waals surface area contributed by atoms with Crippen LogP contribution in [0, 0.1) is 11.8 Å². The molecule has 2 unspecified atom stereocenters. The number of fused-ring (bicyclic) bond motifs is 1. The SMILES string of the molecule is CC1C=C2C(=O)OCC2=CC1CC=O. The van der Waals surface area contributed by atoms with Gasteiger partial charge in [0.15, 0.2) is 0 Å². The van der Waals surface area contributed by atoms with Crippen LogP contribution < -0.4 is 0 Å². The normalized spacial score (nSPS) is 30.2. The Morgan fingerprint density at radius 3 is 3.07 bits per heavy atom. The molecule has 14 heavy (non-hydrogen) atoms. The van der Waals surface area contributed by atoms with Crippen LogP contribution in [0.25, 0.3) is 0 Å². The fourth-order valence-corrected chi connectivity index (χ4v) is 1.93. The molecule has 0 N–H and O–H groups in total. The summed E-state index contributed by atoms with van der Waals surface area (Å²) in [7, 11) is 0. The third kappa shape index (κ3) is 1.39. The maximum absolute atomic E-state index is 11.2. The quantitative estimate of drug-likeness (QED) is 0.488. The maximum atomic E-state index is 11.2. The van der Waals surface area contributed by atoms with Gasteiger partial charge in [-0.1, -0.05) is 19.1 Å². The van der Waals surface area contributed by atoms with E-state index < -0.39 is 0 Å². The molecule has 0 radical (unpaired) electrons. The van der Waals surface area contributed by atoms with E-state index in [0.717, 1.165) is 11.9 Å². The molecule has 0 aromatic heterocycles. The highest BCUT2D eigenvalue weighted by molar-refractivity contribution is 5.96. The summed E-state index contributed by atoms with van der Waals surface area (Å²) in [4.78, 5) is 21.6. The molecule has 2 atom stereocenters. The summed E-state index contributed by atoms with van der Waals surface area (Å²) in [6.07, 6.45) is 5.36. The van der Waals surface area contributed by atoms with Gasteiger partial charge in [-0.25, -0.2) is 4.79 Å². The zero-order chi connectivity index (χ0) is 10.1. The molecule has 1 saturated heterocycles. The Hall–Kier alpha value is -1.38. The number of esters is 1. The highest BCUT2D eigenvalue weighted by Gasteiger charge is 2.30. The van der Waals surface area contributed by atoms with Crippen molar-refractivity contribution < 1.29 is 14.3 Å². The Labute approximate surface area is 82.4 Å². The molecule has 1 fully saturated rings. The van der Waals surface area contributed by atoms with Gasteiger partial charge >= 0.3 is 5.97 Å². The fraction of sp³-hybridized carbons (Fsp3) is 0.455. The molecule has 0 aromatic rings. The van der Waals surface area contributed by atoms with Crippen LogP contribution in [0.1, 0.15) is 13.3 Å². The van der Waals surface area contributed by atoms with Gasteiger partial charge in [-0.3, -0.25) is 0 Å². The molecule has 2 rings (SSSR count). The number of hydrogen-bond donors (Lipinski definition) is 0. The summed E-state index contributed by atoms with van der Waals surface area (Å²) >= 11 is 0. The first-order valence-electron chi connectivity index (χ1n) is 4.76. The molecule has 0 bridgehead atoms. The van der Waals surface area contributed by atoms with Gasteiger partial charge in [0, 0.05) is 6.42 Å². The topological polar surface area (TPSA) is 43.4 Å². The lowest BCUT2D eigenvalue weighted by Gasteiger charge is -2.20. The molecule has 1 aliphatic carbocycles. The highest BCUT2D eigenvalue weighted by Crippen LogP contribution is 2.33. The lowest BCUT2D eigenvalue weighted by atomic mass is 9.82. The van der Waals surface area contributed by atoms with Crippen molar-refractivity contribution in [1.82, 2.24) is 0 Å². The molecule has 0 amide bonds. The van der Waals surface area contributed by atoms with E-state index in [4.69, 9.17) is 4.74 Å². The van der Waals surface area contributed by atoms with Gasteiger partial charge in [-0.15, -0.1) is 0 Å². The van der Waals surface area contributed by atoms with Crippen molar-refractivity contribution in [3.05, 3.63) is 23.3 Å². The Bertz CT molecular complexity index is 338. The second kappa shape index (κ2) is 3.40. The fourth-order valence-electron chi connectivity index (χ4n) is 1.93. The van der Waals surface area contributed by atoms with Crippen LogP contribution in [0.15, 0.2) is 23.3 Å². The minimum Gasteiger partial charge on any atom is -0.457 e. The Morgan fingerprint density at radius 2 is 2.36 bits per heavy atom. The lowest BCUT2D eigenvalue weighted by Crippen LogP contribution is -2.14. The van der Waals surface area contributed by atoms with Gasteiger partial charge in [0.2, 0.25) is 0 Å². The standard InChI is InChI=1S/C11H12O3/c1-7-4-10-9(6-14-11(10)13)5-8(7)2-3-12/h3-5,7-8H,2,6H2,1H3. The van der Waals surface area contributed by atoms with E-state index in [0.29, 0.717) is 18.6 Å². The van der Waals surface area contributed by atoms with Gasteiger partial charge in [0.1, 0.15) is 12.9 Å². The predicted octanol–water partition coefficient (Wildman–Crippen LogP) is 1.25. The van der Waals surface area contributed by atoms with Gasteiger partial charge in [0.25, 0.3) is 0 Å². The van der Waals surface area contributed by atoms with Crippen LogP contribution in [0.4, 0.5) is 0 Å². The zero-order valence-corrected chi connectivity index (χ0v) is 8.03. The second-order valence-corrected chi connectivity index (χ2v) is 3.77. The summed E-state index contributed by atoms with van der Waals surface area (Å²) in [5, 5.41) is 0. The number of rotatable bonds is 2. The van der Waals surface area contributed by atoms with E-state index in [2.05, 4.69) is 0 Å². The van der Waals surface area contributed by atoms with E-state index in [1.54, 1.807) is 0 Å². The number of hydrogen-bond acceptors (Lipinski definition) is 3.